The predicted octanol–water partition coefficient (Wildman–Crippen LogP) is 1.83. The zero-order chi connectivity index (χ0) is 15.6. The lowest BCUT2D eigenvalue weighted by molar-refractivity contribution is -0.387. The molecule has 114 valence electrons. The molecule has 0 bridgehead atoms. The Morgan fingerprint density at radius 1 is 1.43 bits per heavy atom. The summed E-state index contributed by atoms with van der Waals surface area (Å²) in [6.45, 7) is 0.520. The summed E-state index contributed by atoms with van der Waals surface area (Å²) >= 11 is 0. The number of nitrogens with zero attached hydrogens (tertiary/aromatic N) is 2. The Hall–Kier alpha value is -2.09. The SMILES string of the molecule is NCC1CCCCN1C(=O)c1c(F)ccc([N+](=O)[O-])c1F. The topological polar surface area (TPSA) is 89.5 Å². The minimum Gasteiger partial charge on any atom is -0.334 e. The molecule has 1 aliphatic rings. The predicted molar refractivity (Wildman–Crippen MR) is 70.7 cm³/mol. The van der Waals surface area contributed by atoms with Crippen molar-refractivity contribution < 1.29 is 18.5 Å². The van der Waals surface area contributed by atoms with Gasteiger partial charge in [0.15, 0.2) is 0 Å². The second kappa shape index (κ2) is 6.13. The number of rotatable bonds is 3. The van der Waals surface area contributed by atoms with E-state index in [1.807, 2.05) is 0 Å². The first-order valence-electron chi connectivity index (χ1n) is 6.60. The molecular weight excluding hydrogens is 284 g/mol. The maximum Gasteiger partial charge on any atom is 0.305 e. The number of carbonyl (C=O) groups is 1. The number of amides is 1. The molecule has 1 aromatic carbocycles. The molecule has 2 rings (SSSR count). The summed E-state index contributed by atoms with van der Waals surface area (Å²) in [7, 11) is 0. The highest BCUT2D eigenvalue weighted by molar-refractivity contribution is 5.95. The Morgan fingerprint density at radius 3 is 2.76 bits per heavy atom. The third kappa shape index (κ3) is 2.85. The van der Waals surface area contributed by atoms with Crippen molar-refractivity contribution >= 4 is 11.6 Å². The van der Waals surface area contributed by atoms with E-state index in [9.17, 15) is 23.7 Å². The van der Waals surface area contributed by atoms with Crippen LogP contribution in [-0.2, 0) is 0 Å². The fourth-order valence-corrected chi connectivity index (χ4v) is 2.54. The molecule has 0 saturated carbocycles. The molecular formula is C13H15F2N3O3. The Labute approximate surface area is 119 Å². The summed E-state index contributed by atoms with van der Waals surface area (Å²) in [5.41, 5.74) is 3.77. The van der Waals surface area contributed by atoms with E-state index in [2.05, 4.69) is 0 Å². The van der Waals surface area contributed by atoms with Crippen molar-refractivity contribution in [3.8, 4) is 0 Å². The highest BCUT2D eigenvalue weighted by atomic mass is 19.1. The molecule has 6 nitrogen and oxygen atoms in total. The standard InChI is InChI=1S/C13H15F2N3O3/c14-9-4-5-10(18(20)21)12(15)11(9)13(19)17-6-2-1-3-8(17)7-16/h4-5,8H,1-3,6-7,16H2. The van der Waals surface area contributed by atoms with Crippen LogP contribution in [0.5, 0.6) is 0 Å². The molecule has 1 fully saturated rings. The van der Waals surface area contributed by atoms with Gasteiger partial charge in [0.2, 0.25) is 5.82 Å². The van der Waals surface area contributed by atoms with Crippen molar-refractivity contribution in [2.75, 3.05) is 13.1 Å². The summed E-state index contributed by atoms with van der Waals surface area (Å²) < 4.78 is 27.8. The first-order valence-corrected chi connectivity index (χ1v) is 6.60. The molecule has 1 saturated heterocycles. The zero-order valence-electron chi connectivity index (χ0n) is 11.2. The number of benzene rings is 1. The van der Waals surface area contributed by atoms with E-state index in [1.54, 1.807) is 0 Å². The number of nitrogens with two attached hydrogens (primary N) is 1. The van der Waals surface area contributed by atoms with Crippen molar-refractivity contribution in [1.82, 2.24) is 4.90 Å². The van der Waals surface area contributed by atoms with Crippen LogP contribution in [0.3, 0.4) is 0 Å². The number of halogens is 2. The monoisotopic (exact) mass is 299 g/mol. The number of nitro groups is 1. The van der Waals surface area contributed by atoms with E-state index in [-0.39, 0.29) is 12.6 Å². The molecule has 0 radical (unpaired) electrons. The van der Waals surface area contributed by atoms with Gasteiger partial charge in [0.05, 0.1) is 4.92 Å². The number of hydrogen-bond acceptors (Lipinski definition) is 4. The van der Waals surface area contributed by atoms with Crippen molar-refractivity contribution in [2.45, 2.75) is 25.3 Å². The molecule has 1 amide bonds. The molecule has 1 unspecified atom stereocenters. The van der Waals surface area contributed by atoms with Crippen LogP contribution >= 0.6 is 0 Å². The smallest absolute Gasteiger partial charge is 0.305 e. The Balaban J connectivity index is 2.42. The van der Waals surface area contributed by atoms with Gasteiger partial charge in [0, 0.05) is 25.2 Å². The van der Waals surface area contributed by atoms with E-state index in [0.29, 0.717) is 25.5 Å². The zero-order valence-corrected chi connectivity index (χ0v) is 11.2. The van der Waals surface area contributed by atoms with E-state index < -0.39 is 33.7 Å². The lowest BCUT2D eigenvalue weighted by Crippen LogP contribution is -2.47. The second-order valence-corrected chi connectivity index (χ2v) is 4.90. The number of carbonyl (C=O) groups excluding carboxylic acids is 1. The maximum absolute atomic E-state index is 14.1. The highest BCUT2D eigenvalue weighted by Crippen LogP contribution is 2.26. The van der Waals surface area contributed by atoms with Gasteiger partial charge in [-0.05, 0) is 25.3 Å². The molecule has 0 spiro atoms. The first-order chi connectivity index (χ1) is 9.97. The highest BCUT2D eigenvalue weighted by Gasteiger charge is 2.33. The average Bonchev–Trinajstić information content (AvgIpc) is 2.46. The van der Waals surface area contributed by atoms with Crippen molar-refractivity contribution in [2.24, 2.45) is 5.73 Å². The van der Waals surface area contributed by atoms with Gasteiger partial charge < -0.3 is 10.6 Å². The minimum atomic E-state index is -1.44. The average molecular weight is 299 g/mol. The van der Waals surface area contributed by atoms with E-state index in [4.69, 9.17) is 5.73 Å². The van der Waals surface area contributed by atoms with Gasteiger partial charge in [-0.1, -0.05) is 0 Å². The number of likely N-dealkylation sites (tertiary alicyclic amines) is 1. The Morgan fingerprint density at radius 2 is 2.14 bits per heavy atom. The van der Waals surface area contributed by atoms with E-state index in [1.165, 1.54) is 4.90 Å². The van der Waals surface area contributed by atoms with E-state index in [0.717, 1.165) is 12.5 Å². The molecule has 1 heterocycles. The fourth-order valence-electron chi connectivity index (χ4n) is 2.54. The quantitative estimate of drug-likeness (QED) is 0.681. The van der Waals surface area contributed by atoms with Gasteiger partial charge >= 0.3 is 5.69 Å². The normalized spacial score (nSPS) is 18.6. The minimum absolute atomic E-state index is 0.184. The molecule has 1 atom stereocenters. The van der Waals surface area contributed by atoms with E-state index >= 15 is 0 Å². The fraction of sp³-hybridized carbons (Fsp3) is 0.462. The van der Waals surface area contributed by atoms with Crippen LogP contribution in [0, 0.1) is 21.7 Å². The summed E-state index contributed by atoms with van der Waals surface area (Å²) in [5.74, 6) is -3.43. The third-order valence-electron chi connectivity index (χ3n) is 3.64. The molecule has 8 heteroatoms. The van der Waals surface area contributed by atoms with Gasteiger partial charge in [0.1, 0.15) is 11.4 Å². The molecule has 1 aromatic rings. The van der Waals surface area contributed by atoms with Crippen LogP contribution in [0.2, 0.25) is 0 Å². The lowest BCUT2D eigenvalue weighted by atomic mass is 10.0. The van der Waals surface area contributed by atoms with Crippen LogP contribution in [0.25, 0.3) is 0 Å². The summed E-state index contributed by atoms with van der Waals surface area (Å²) in [6, 6.07) is 1.14. The summed E-state index contributed by atoms with van der Waals surface area (Å²) in [4.78, 5) is 23.4. The van der Waals surface area contributed by atoms with Crippen LogP contribution < -0.4 is 5.73 Å². The lowest BCUT2D eigenvalue weighted by Gasteiger charge is -2.35. The van der Waals surface area contributed by atoms with Crippen LogP contribution in [0.1, 0.15) is 29.6 Å². The Kier molecular flexibility index (Phi) is 4.46. The first kappa shape index (κ1) is 15.3. The van der Waals surface area contributed by atoms with Crippen LogP contribution in [0.15, 0.2) is 12.1 Å². The third-order valence-corrected chi connectivity index (χ3v) is 3.64. The van der Waals surface area contributed by atoms with Crippen LogP contribution in [0.4, 0.5) is 14.5 Å². The van der Waals surface area contributed by atoms with Crippen LogP contribution in [-0.4, -0.2) is 34.9 Å². The molecule has 0 aliphatic carbocycles. The summed E-state index contributed by atoms with van der Waals surface area (Å²) in [5, 5.41) is 10.7. The van der Waals surface area contributed by atoms with Gasteiger partial charge in [0.25, 0.3) is 5.91 Å². The van der Waals surface area contributed by atoms with Crippen molar-refractivity contribution in [3.63, 3.8) is 0 Å². The number of nitro benzene ring substituents is 1. The molecule has 21 heavy (non-hydrogen) atoms. The largest absolute Gasteiger partial charge is 0.334 e. The molecule has 1 aliphatic heterocycles. The van der Waals surface area contributed by atoms with Crippen molar-refractivity contribution in [3.05, 3.63) is 39.4 Å². The Bertz CT molecular complexity index is 580. The van der Waals surface area contributed by atoms with Gasteiger partial charge in [-0.2, -0.15) is 4.39 Å². The van der Waals surface area contributed by atoms with Gasteiger partial charge in [-0.3, -0.25) is 14.9 Å². The molecule has 0 aromatic heterocycles. The second-order valence-electron chi connectivity index (χ2n) is 4.90. The van der Waals surface area contributed by atoms with Crippen molar-refractivity contribution in [1.29, 1.82) is 0 Å². The summed E-state index contributed by atoms with van der Waals surface area (Å²) in [6.07, 6.45) is 2.24. The van der Waals surface area contributed by atoms with Gasteiger partial charge in [-0.25, -0.2) is 4.39 Å². The number of hydrogen-bond donors (Lipinski definition) is 1. The van der Waals surface area contributed by atoms with Gasteiger partial charge in [-0.15, -0.1) is 0 Å². The maximum atomic E-state index is 14.1. The molecule has 2 N–H and O–H groups in total. The number of piperidine rings is 1.